The van der Waals surface area contributed by atoms with Crippen LogP contribution in [0.5, 0.6) is 5.75 Å². The van der Waals surface area contributed by atoms with Crippen molar-refractivity contribution in [2.75, 3.05) is 7.11 Å². The maximum atomic E-state index is 11.0. The quantitative estimate of drug-likeness (QED) is 0.843. The number of ether oxygens (including phenoxy) is 1. The van der Waals surface area contributed by atoms with Crippen molar-refractivity contribution in [3.05, 3.63) is 47.8 Å². The number of hydrogen-bond donors (Lipinski definition) is 0. The number of methoxy groups -OCH3 is 1. The van der Waals surface area contributed by atoms with E-state index in [9.17, 15) is 4.79 Å². The molecule has 0 amide bonds. The molecule has 0 N–H and O–H groups in total. The van der Waals surface area contributed by atoms with Gasteiger partial charge in [0.1, 0.15) is 11.5 Å². The second kappa shape index (κ2) is 4.88. The van der Waals surface area contributed by atoms with Crippen LogP contribution < -0.4 is 4.74 Å². The molecule has 4 heteroatoms. The summed E-state index contributed by atoms with van der Waals surface area (Å²) in [6.07, 6.45) is 3.28. The molecule has 0 unspecified atom stereocenters. The largest absolute Gasteiger partial charge is 0.497 e. The van der Waals surface area contributed by atoms with E-state index in [0.29, 0.717) is 24.5 Å². The van der Waals surface area contributed by atoms with Crippen LogP contribution in [-0.2, 0) is 11.3 Å². The summed E-state index contributed by atoms with van der Waals surface area (Å²) in [4.78, 5) is 11.0. The summed E-state index contributed by atoms with van der Waals surface area (Å²) < 4.78 is 7.05. The van der Waals surface area contributed by atoms with Crippen LogP contribution in [0.2, 0.25) is 0 Å². The van der Waals surface area contributed by atoms with Gasteiger partial charge in [-0.2, -0.15) is 5.10 Å². The Bertz CT molecular complexity index is 578. The van der Waals surface area contributed by atoms with E-state index in [1.54, 1.807) is 7.11 Å². The first-order valence-corrected chi connectivity index (χ1v) is 6.42. The van der Waals surface area contributed by atoms with Gasteiger partial charge in [-0.05, 0) is 23.8 Å². The molecular formula is C15H16N2O2. The highest BCUT2D eigenvalue weighted by Gasteiger charge is 2.29. The Labute approximate surface area is 112 Å². The van der Waals surface area contributed by atoms with Gasteiger partial charge in [0.2, 0.25) is 0 Å². The van der Waals surface area contributed by atoms with Crippen LogP contribution in [0.4, 0.5) is 0 Å². The summed E-state index contributed by atoms with van der Waals surface area (Å²) in [5.74, 6) is 1.54. The van der Waals surface area contributed by atoms with Crippen LogP contribution in [0.3, 0.4) is 0 Å². The molecule has 2 aromatic rings. The SMILES string of the molecule is COc1ccc(Cn2ccc(C3CC(=O)C3)n2)cc1. The molecule has 1 saturated carbocycles. The molecule has 3 rings (SSSR count). The number of carbonyl (C=O) groups is 1. The van der Waals surface area contributed by atoms with Gasteiger partial charge in [0.05, 0.1) is 19.3 Å². The average Bonchev–Trinajstić information content (AvgIpc) is 2.84. The minimum Gasteiger partial charge on any atom is -0.497 e. The Balaban J connectivity index is 1.67. The molecule has 1 aromatic heterocycles. The smallest absolute Gasteiger partial charge is 0.134 e. The lowest BCUT2D eigenvalue weighted by Gasteiger charge is -2.21. The number of hydrogen-bond acceptors (Lipinski definition) is 3. The highest BCUT2D eigenvalue weighted by molar-refractivity contribution is 5.86. The lowest BCUT2D eigenvalue weighted by atomic mass is 9.82. The Morgan fingerprint density at radius 1 is 1.26 bits per heavy atom. The number of nitrogens with zero attached hydrogens (tertiary/aromatic N) is 2. The highest BCUT2D eigenvalue weighted by Crippen LogP contribution is 2.32. The maximum absolute atomic E-state index is 11.0. The van der Waals surface area contributed by atoms with Crippen LogP contribution in [0.1, 0.15) is 30.0 Å². The van der Waals surface area contributed by atoms with Crippen LogP contribution >= 0.6 is 0 Å². The second-order valence-electron chi connectivity index (χ2n) is 4.93. The fraction of sp³-hybridized carbons (Fsp3) is 0.333. The van der Waals surface area contributed by atoms with E-state index in [2.05, 4.69) is 5.10 Å². The van der Waals surface area contributed by atoms with E-state index in [-0.39, 0.29) is 0 Å². The second-order valence-corrected chi connectivity index (χ2v) is 4.93. The van der Waals surface area contributed by atoms with Gasteiger partial charge in [-0.1, -0.05) is 12.1 Å². The molecule has 0 bridgehead atoms. The molecule has 98 valence electrons. The van der Waals surface area contributed by atoms with Crippen molar-refractivity contribution in [1.82, 2.24) is 9.78 Å². The zero-order chi connectivity index (χ0) is 13.2. The van der Waals surface area contributed by atoms with Crippen molar-refractivity contribution >= 4 is 5.78 Å². The van der Waals surface area contributed by atoms with Gasteiger partial charge in [0.25, 0.3) is 0 Å². The monoisotopic (exact) mass is 256 g/mol. The lowest BCUT2D eigenvalue weighted by Crippen LogP contribution is -2.21. The Kier molecular flexibility index (Phi) is 3.07. The number of rotatable bonds is 4. The molecule has 19 heavy (non-hydrogen) atoms. The van der Waals surface area contributed by atoms with Crippen molar-refractivity contribution in [2.45, 2.75) is 25.3 Å². The predicted octanol–water partition coefficient (Wildman–Crippen LogP) is 2.39. The van der Waals surface area contributed by atoms with Crippen LogP contribution in [0.25, 0.3) is 0 Å². The summed E-state index contributed by atoms with van der Waals surface area (Å²) in [5.41, 5.74) is 2.22. The summed E-state index contributed by atoms with van der Waals surface area (Å²) in [7, 11) is 1.66. The Morgan fingerprint density at radius 2 is 2.00 bits per heavy atom. The minimum absolute atomic E-state index is 0.338. The predicted molar refractivity (Wildman–Crippen MR) is 71.3 cm³/mol. The molecule has 0 atom stereocenters. The van der Waals surface area contributed by atoms with Crippen molar-refractivity contribution in [3.63, 3.8) is 0 Å². The van der Waals surface area contributed by atoms with E-state index >= 15 is 0 Å². The van der Waals surface area contributed by atoms with E-state index in [1.165, 1.54) is 5.56 Å². The van der Waals surface area contributed by atoms with Crippen molar-refractivity contribution in [2.24, 2.45) is 0 Å². The van der Waals surface area contributed by atoms with Gasteiger partial charge in [-0.15, -0.1) is 0 Å². The van der Waals surface area contributed by atoms with E-state index < -0.39 is 0 Å². The first-order valence-electron chi connectivity index (χ1n) is 6.42. The maximum Gasteiger partial charge on any atom is 0.134 e. The number of ketones is 1. The molecule has 1 aromatic carbocycles. The average molecular weight is 256 g/mol. The molecule has 1 aliphatic carbocycles. The van der Waals surface area contributed by atoms with Crippen LogP contribution in [0, 0.1) is 0 Å². The molecule has 0 aliphatic heterocycles. The molecule has 1 aliphatic rings. The van der Waals surface area contributed by atoms with Gasteiger partial charge in [0, 0.05) is 25.0 Å². The number of benzene rings is 1. The normalized spacial score (nSPS) is 15.3. The van der Waals surface area contributed by atoms with Crippen molar-refractivity contribution < 1.29 is 9.53 Å². The molecule has 0 radical (unpaired) electrons. The standard InChI is InChI=1S/C15H16N2O2/c1-19-14-4-2-11(3-5-14)10-17-7-6-15(16-17)12-8-13(18)9-12/h2-7,12H,8-10H2,1H3. The van der Waals surface area contributed by atoms with Gasteiger partial charge in [0.15, 0.2) is 0 Å². The zero-order valence-corrected chi connectivity index (χ0v) is 10.9. The fourth-order valence-corrected chi connectivity index (χ4v) is 2.30. The molecule has 4 nitrogen and oxygen atoms in total. The van der Waals surface area contributed by atoms with Crippen molar-refractivity contribution in [3.8, 4) is 5.75 Å². The van der Waals surface area contributed by atoms with Gasteiger partial charge in [-0.25, -0.2) is 0 Å². The van der Waals surface area contributed by atoms with Crippen molar-refractivity contribution in [1.29, 1.82) is 0 Å². The summed E-state index contributed by atoms with van der Waals surface area (Å²) in [6, 6.07) is 9.98. The molecule has 1 heterocycles. The Hall–Kier alpha value is -2.10. The third-order valence-corrected chi connectivity index (χ3v) is 3.53. The first-order chi connectivity index (χ1) is 9.24. The summed E-state index contributed by atoms with van der Waals surface area (Å²) in [6.45, 7) is 0.741. The first kappa shape index (κ1) is 12.0. The molecule has 0 spiro atoms. The van der Waals surface area contributed by atoms with Crippen LogP contribution in [-0.4, -0.2) is 22.7 Å². The molecule has 0 saturated heterocycles. The topological polar surface area (TPSA) is 44.1 Å². The van der Waals surface area contributed by atoms with Gasteiger partial charge < -0.3 is 4.74 Å². The number of carbonyl (C=O) groups excluding carboxylic acids is 1. The van der Waals surface area contributed by atoms with Gasteiger partial charge in [-0.3, -0.25) is 9.48 Å². The third kappa shape index (κ3) is 2.52. The summed E-state index contributed by atoms with van der Waals surface area (Å²) in [5, 5.41) is 4.54. The highest BCUT2D eigenvalue weighted by atomic mass is 16.5. The zero-order valence-electron chi connectivity index (χ0n) is 10.9. The minimum atomic E-state index is 0.338. The lowest BCUT2D eigenvalue weighted by molar-refractivity contribution is -0.124. The third-order valence-electron chi connectivity index (χ3n) is 3.53. The Morgan fingerprint density at radius 3 is 2.63 bits per heavy atom. The van der Waals surface area contributed by atoms with E-state index in [0.717, 1.165) is 18.0 Å². The number of aromatic nitrogens is 2. The molecule has 1 fully saturated rings. The molecular weight excluding hydrogens is 240 g/mol. The number of Topliss-reactive ketones (excluding diaryl/α,β-unsaturated/α-hetero) is 1. The fourth-order valence-electron chi connectivity index (χ4n) is 2.30. The van der Waals surface area contributed by atoms with E-state index in [1.807, 2.05) is 41.2 Å². The summed E-state index contributed by atoms with van der Waals surface area (Å²) >= 11 is 0. The van der Waals surface area contributed by atoms with E-state index in [4.69, 9.17) is 4.74 Å². The van der Waals surface area contributed by atoms with Gasteiger partial charge >= 0.3 is 0 Å². The van der Waals surface area contributed by atoms with Crippen LogP contribution in [0.15, 0.2) is 36.5 Å².